The third kappa shape index (κ3) is 5.88. The molecule has 6 heteroatoms. The van der Waals surface area contributed by atoms with Crippen LogP contribution in [0.5, 0.6) is 0 Å². The van der Waals surface area contributed by atoms with Crippen molar-refractivity contribution in [1.29, 1.82) is 0 Å². The average molecular weight is 393 g/mol. The van der Waals surface area contributed by atoms with Crippen LogP contribution in [0.2, 0.25) is 18.1 Å². The highest BCUT2D eigenvalue weighted by Gasteiger charge is 2.42. The van der Waals surface area contributed by atoms with Crippen LogP contribution in [0.25, 0.3) is 0 Å². The van der Waals surface area contributed by atoms with E-state index >= 15 is 0 Å². The van der Waals surface area contributed by atoms with Gasteiger partial charge in [-0.2, -0.15) is 0 Å². The molecule has 152 valence electrons. The van der Waals surface area contributed by atoms with Crippen LogP contribution < -0.4 is 0 Å². The maximum absolute atomic E-state index is 12.0. The molecule has 27 heavy (non-hydrogen) atoms. The van der Waals surface area contributed by atoms with Gasteiger partial charge in [-0.15, -0.1) is 0 Å². The molecule has 2 rings (SSSR count). The summed E-state index contributed by atoms with van der Waals surface area (Å²) in [4.78, 5) is 16.5. The van der Waals surface area contributed by atoms with Crippen LogP contribution in [-0.2, 0) is 15.8 Å². The Labute approximate surface area is 165 Å². The van der Waals surface area contributed by atoms with Gasteiger partial charge in [0.15, 0.2) is 8.32 Å². The van der Waals surface area contributed by atoms with Gasteiger partial charge >= 0.3 is 5.97 Å². The summed E-state index contributed by atoms with van der Waals surface area (Å²) in [5.74, 6) is -0.780. The summed E-state index contributed by atoms with van der Waals surface area (Å²) < 4.78 is 6.40. The second kappa shape index (κ2) is 8.86. The molecule has 1 aromatic rings. The molecule has 0 aliphatic carbocycles. The minimum Gasteiger partial charge on any atom is -0.480 e. The maximum atomic E-state index is 12.0. The van der Waals surface area contributed by atoms with Crippen molar-refractivity contribution in [1.82, 2.24) is 9.80 Å². The molecule has 0 radical (unpaired) electrons. The van der Waals surface area contributed by atoms with Gasteiger partial charge in [-0.3, -0.25) is 14.6 Å². The van der Waals surface area contributed by atoms with Gasteiger partial charge in [0, 0.05) is 32.7 Å². The molecule has 1 heterocycles. The summed E-state index contributed by atoms with van der Waals surface area (Å²) in [6, 6.07) is 9.85. The minimum absolute atomic E-state index is 0.0681. The van der Waals surface area contributed by atoms with Gasteiger partial charge < -0.3 is 9.53 Å². The first-order valence-corrected chi connectivity index (χ1v) is 12.8. The monoisotopic (exact) mass is 392 g/mol. The van der Waals surface area contributed by atoms with Crippen molar-refractivity contribution in [3.63, 3.8) is 0 Å². The highest BCUT2D eigenvalue weighted by Crippen LogP contribution is 2.38. The van der Waals surface area contributed by atoms with Gasteiger partial charge in [-0.05, 0) is 30.6 Å². The normalized spacial score (nSPS) is 19.6. The number of aliphatic carboxylic acids is 1. The minimum atomic E-state index is -2.01. The largest absolute Gasteiger partial charge is 0.480 e. The molecule has 0 bridgehead atoms. The number of carboxylic acids is 1. The number of carboxylic acid groups (broad SMARTS) is 1. The van der Waals surface area contributed by atoms with E-state index in [1.54, 1.807) is 0 Å². The second-order valence-corrected chi connectivity index (χ2v) is 13.9. The second-order valence-electron chi connectivity index (χ2n) is 9.16. The van der Waals surface area contributed by atoms with Crippen molar-refractivity contribution in [2.45, 2.75) is 64.5 Å². The fraction of sp³-hybridized carbons (Fsp3) is 0.667. The highest BCUT2D eigenvalue weighted by molar-refractivity contribution is 6.74. The Kier molecular flexibility index (Phi) is 7.25. The number of carbonyl (C=O) groups is 1. The van der Waals surface area contributed by atoms with E-state index in [0.29, 0.717) is 0 Å². The topological polar surface area (TPSA) is 53.0 Å². The van der Waals surface area contributed by atoms with E-state index in [9.17, 15) is 9.90 Å². The predicted octanol–water partition coefficient (Wildman–Crippen LogP) is 3.67. The summed E-state index contributed by atoms with van der Waals surface area (Å²) in [5, 5.41) is 9.94. The average Bonchev–Trinajstić information content (AvgIpc) is 2.56. The fourth-order valence-electron chi connectivity index (χ4n) is 3.40. The molecule has 0 amide bonds. The van der Waals surface area contributed by atoms with E-state index in [-0.39, 0.29) is 11.1 Å². The van der Waals surface area contributed by atoms with Gasteiger partial charge in [0.1, 0.15) is 6.04 Å². The van der Waals surface area contributed by atoms with Crippen molar-refractivity contribution in [3.05, 3.63) is 35.9 Å². The zero-order valence-electron chi connectivity index (χ0n) is 17.7. The number of rotatable bonds is 7. The quantitative estimate of drug-likeness (QED) is 0.718. The number of benzene rings is 1. The Balaban J connectivity index is 1.97. The summed E-state index contributed by atoms with van der Waals surface area (Å²) >= 11 is 0. The standard InChI is InChI=1S/C21H36N2O3Si/c1-17(26-27(5,6)21(2,3)4)19(20(24)25)23-14-12-22(13-15-23)16-18-10-8-7-9-11-18/h7-11,17,19H,12-16H2,1-6H3,(H,24,25). The summed E-state index contributed by atoms with van der Waals surface area (Å²) in [5.41, 5.74) is 1.30. The van der Waals surface area contributed by atoms with Gasteiger partial charge in [0.25, 0.3) is 0 Å². The first-order chi connectivity index (χ1) is 12.5. The fourth-order valence-corrected chi connectivity index (χ4v) is 4.81. The van der Waals surface area contributed by atoms with Crippen molar-refractivity contribution in [2.75, 3.05) is 26.2 Å². The molecule has 0 aromatic heterocycles. The lowest BCUT2D eigenvalue weighted by Gasteiger charge is -2.43. The summed E-state index contributed by atoms with van der Waals surface area (Å²) in [7, 11) is -2.01. The van der Waals surface area contributed by atoms with Crippen LogP contribution in [0.4, 0.5) is 0 Å². The lowest BCUT2D eigenvalue weighted by atomic mass is 10.1. The van der Waals surface area contributed by atoms with Crippen molar-refractivity contribution in [2.24, 2.45) is 0 Å². The van der Waals surface area contributed by atoms with Gasteiger partial charge in [0.05, 0.1) is 6.10 Å². The van der Waals surface area contributed by atoms with Crippen molar-refractivity contribution >= 4 is 14.3 Å². The summed E-state index contributed by atoms with van der Waals surface area (Å²) in [6.07, 6.45) is -0.316. The van der Waals surface area contributed by atoms with E-state index in [4.69, 9.17) is 4.43 Å². The Morgan fingerprint density at radius 2 is 1.70 bits per heavy atom. The SMILES string of the molecule is CC(O[Si](C)(C)C(C)(C)C)C(C(=O)O)N1CCN(Cc2ccccc2)CC1. The van der Waals surface area contributed by atoms with E-state index in [1.165, 1.54) is 5.56 Å². The Bertz CT molecular complexity index is 608. The Morgan fingerprint density at radius 1 is 1.15 bits per heavy atom. The zero-order chi connectivity index (χ0) is 20.2. The highest BCUT2D eigenvalue weighted by atomic mass is 28.4. The molecular formula is C21H36N2O3Si. The molecule has 2 unspecified atom stereocenters. The predicted molar refractivity (Wildman–Crippen MR) is 112 cm³/mol. The molecule has 1 fully saturated rings. The molecule has 5 nitrogen and oxygen atoms in total. The van der Waals surface area contributed by atoms with Crippen LogP contribution in [0.3, 0.4) is 0 Å². The molecule has 1 aliphatic heterocycles. The number of hydrogen-bond donors (Lipinski definition) is 1. The molecule has 2 atom stereocenters. The first kappa shape index (κ1) is 22.1. The van der Waals surface area contributed by atoms with Crippen LogP contribution in [0, 0.1) is 0 Å². The van der Waals surface area contributed by atoms with Crippen molar-refractivity contribution in [3.8, 4) is 0 Å². The number of nitrogens with zero attached hydrogens (tertiary/aromatic N) is 2. The van der Waals surface area contributed by atoms with Crippen LogP contribution >= 0.6 is 0 Å². The lowest BCUT2D eigenvalue weighted by molar-refractivity contribution is -0.148. The van der Waals surface area contributed by atoms with Gasteiger partial charge in [-0.1, -0.05) is 51.1 Å². The summed E-state index contributed by atoms with van der Waals surface area (Å²) in [6.45, 7) is 17.0. The third-order valence-corrected chi connectivity index (χ3v) is 10.6. The zero-order valence-corrected chi connectivity index (χ0v) is 18.7. The van der Waals surface area contributed by atoms with E-state index in [0.717, 1.165) is 32.7 Å². The van der Waals surface area contributed by atoms with E-state index in [1.807, 2.05) is 13.0 Å². The van der Waals surface area contributed by atoms with Gasteiger partial charge in [0.2, 0.25) is 0 Å². The lowest BCUT2D eigenvalue weighted by Crippen LogP contribution is -2.58. The van der Waals surface area contributed by atoms with E-state index in [2.05, 4.69) is 67.9 Å². The third-order valence-electron chi connectivity index (χ3n) is 6.03. The molecule has 1 aromatic carbocycles. The Hall–Kier alpha value is -1.21. The maximum Gasteiger partial charge on any atom is 0.323 e. The van der Waals surface area contributed by atoms with Crippen LogP contribution in [0.1, 0.15) is 33.3 Å². The van der Waals surface area contributed by atoms with Crippen LogP contribution in [0.15, 0.2) is 30.3 Å². The van der Waals surface area contributed by atoms with Gasteiger partial charge in [-0.25, -0.2) is 0 Å². The van der Waals surface area contributed by atoms with Crippen LogP contribution in [-0.4, -0.2) is 67.5 Å². The molecule has 0 saturated carbocycles. The molecule has 1 aliphatic rings. The molecule has 1 N–H and O–H groups in total. The Morgan fingerprint density at radius 3 is 2.19 bits per heavy atom. The van der Waals surface area contributed by atoms with Crippen molar-refractivity contribution < 1.29 is 14.3 Å². The first-order valence-electron chi connectivity index (χ1n) is 9.92. The molecule has 0 spiro atoms. The molecular weight excluding hydrogens is 356 g/mol. The molecule has 1 saturated heterocycles. The van der Waals surface area contributed by atoms with E-state index < -0.39 is 20.3 Å². The number of hydrogen-bond acceptors (Lipinski definition) is 4. The number of piperazine rings is 1. The smallest absolute Gasteiger partial charge is 0.323 e.